The number of aliphatic imine (C=N–C) groups is 1. The number of rotatable bonds is 7. The van der Waals surface area contributed by atoms with E-state index in [1.165, 1.54) is 0 Å². The maximum atomic E-state index is 12.2. The lowest BCUT2D eigenvalue weighted by Gasteiger charge is -2.25. The first-order valence-electron chi connectivity index (χ1n) is 7.98. The lowest BCUT2D eigenvalue weighted by molar-refractivity contribution is -0.113. The Morgan fingerprint density at radius 3 is 2.44 bits per heavy atom. The summed E-state index contributed by atoms with van der Waals surface area (Å²) in [6, 6.07) is 5.08. The Bertz CT molecular complexity index is 661. The molecule has 138 valence electrons. The minimum atomic E-state index is -1.73. The van der Waals surface area contributed by atoms with Gasteiger partial charge < -0.3 is 30.8 Å². The van der Waals surface area contributed by atoms with E-state index in [-0.39, 0.29) is 12.0 Å². The van der Waals surface area contributed by atoms with Crippen molar-refractivity contribution in [2.24, 2.45) is 4.99 Å². The topological polar surface area (TPSA) is 143 Å². The van der Waals surface area contributed by atoms with Crippen molar-refractivity contribution in [3.63, 3.8) is 0 Å². The zero-order valence-corrected chi connectivity index (χ0v) is 14.1. The van der Waals surface area contributed by atoms with Gasteiger partial charge in [0.05, 0.1) is 18.4 Å². The molecule has 6 N–H and O–H groups in total. The fraction of sp³-hybridized carbons (Fsp3) is 0.529. The fourth-order valence-corrected chi connectivity index (χ4v) is 2.59. The third kappa shape index (κ3) is 4.23. The van der Waals surface area contributed by atoms with Crippen LogP contribution in [0, 0.1) is 0 Å². The molecule has 0 bridgehead atoms. The lowest BCUT2D eigenvalue weighted by Crippen LogP contribution is -2.49. The van der Waals surface area contributed by atoms with Crippen molar-refractivity contribution in [2.75, 3.05) is 13.2 Å². The molecular weight excluding hydrogens is 328 g/mol. The Morgan fingerprint density at radius 2 is 1.80 bits per heavy atom. The number of amides is 1. The van der Waals surface area contributed by atoms with E-state index in [9.17, 15) is 25.2 Å². The summed E-state index contributed by atoms with van der Waals surface area (Å²) in [6.45, 7) is 2.88. The van der Waals surface area contributed by atoms with E-state index in [0.717, 1.165) is 11.3 Å². The summed E-state index contributed by atoms with van der Waals surface area (Å²) in [7, 11) is 0. The highest BCUT2D eigenvalue weighted by Gasteiger charge is 2.31. The molecule has 8 nitrogen and oxygen atoms in total. The average molecular weight is 352 g/mol. The molecule has 1 heterocycles. The van der Waals surface area contributed by atoms with Crippen molar-refractivity contribution in [2.45, 2.75) is 43.7 Å². The largest absolute Gasteiger partial charge is 0.394 e. The summed E-state index contributed by atoms with van der Waals surface area (Å²) < 4.78 is 0. The highest BCUT2D eigenvalue weighted by molar-refractivity contribution is 5.96. The molecule has 0 aliphatic carbocycles. The van der Waals surface area contributed by atoms with Crippen molar-refractivity contribution < 1.29 is 30.3 Å². The molecule has 1 aliphatic heterocycles. The van der Waals surface area contributed by atoms with Crippen molar-refractivity contribution >= 4 is 17.8 Å². The van der Waals surface area contributed by atoms with E-state index in [1.54, 1.807) is 18.2 Å². The highest BCUT2D eigenvalue weighted by atomic mass is 16.4. The molecule has 1 aromatic rings. The quantitative estimate of drug-likeness (QED) is 0.366. The van der Waals surface area contributed by atoms with Crippen LogP contribution in [0.2, 0.25) is 0 Å². The van der Waals surface area contributed by atoms with Crippen LogP contribution in [0.15, 0.2) is 23.2 Å². The molecule has 4 unspecified atom stereocenters. The summed E-state index contributed by atoms with van der Waals surface area (Å²) in [4.78, 5) is 16.5. The summed E-state index contributed by atoms with van der Waals surface area (Å²) >= 11 is 0. The number of hydrogen-bond acceptors (Lipinski definition) is 7. The number of nitrogens with one attached hydrogen (secondary N) is 1. The van der Waals surface area contributed by atoms with E-state index < -0.39 is 36.9 Å². The first-order chi connectivity index (χ1) is 11.7. The third-order valence-corrected chi connectivity index (χ3v) is 4.28. The van der Waals surface area contributed by atoms with Gasteiger partial charge in [0.25, 0.3) is 5.91 Å². The zero-order valence-electron chi connectivity index (χ0n) is 14.1. The second-order valence-electron chi connectivity index (χ2n) is 6.72. The molecule has 0 fully saturated rings. The molecule has 2 rings (SSSR count). The second kappa shape index (κ2) is 7.59. The predicted molar refractivity (Wildman–Crippen MR) is 91.1 cm³/mol. The Kier molecular flexibility index (Phi) is 5.91. The number of benzene rings is 1. The maximum absolute atomic E-state index is 12.2. The smallest absolute Gasteiger partial charge is 0.251 e. The van der Waals surface area contributed by atoms with E-state index in [1.807, 2.05) is 20.1 Å². The van der Waals surface area contributed by atoms with E-state index in [4.69, 9.17) is 5.11 Å². The Balaban J connectivity index is 1.97. The number of fused-ring (bicyclic) bond motifs is 1. The number of aliphatic hydroxyl groups excluding tert-OH is 5. The molecule has 1 aromatic carbocycles. The standard InChI is InChI=1S/C17H24N2O6/c1-17(2)8-19-11-4-3-9(5-10(11)17)16(25)18-6-12(21)14(23)15(24)13(22)7-20/h3-5,8,12-15,20-24H,6-7H2,1-2H3,(H,18,25). The van der Waals surface area contributed by atoms with Gasteiger partial charge in [0.15, 0.2) is 0 Å². The first kappa shape index (κ1) is 19.5. The lowest BCUT2D eigenvalue weighted by atomic mass is 9.86. The Labute approximate surface area is 145 Å². The number of carbonyl (C=O) groups excluding carboxylic acids is 1. The van der Waals surface area contributed by atoms with Crippen LogP contribution in [0.1, 0.15) is 29.8 Å². The normalized spacial score (nSPS) is 19.8. The molecular formula is C17H24N2O6. The van der Waals surface area contributed by atoms with E-state index in [2.05, 4.69) is 10.3 Å². The number of carbonyl (C=O) groups is 1. The van der Waals surface area contributed by atoms with Crippen LogP contribution >= 0.6 is 0 Å². The Hall–Kier alpha value is -1.84. The number of nitrogens with zero attached hydrogens (tertiary/aromatic N) is 1. The molecule has 8 heteroatoms. The molecule has 0 saturated carbocycles. The summed E-state index contributed by atoms with van der Waals surface area (Å²) in [5.74, 6) is -0.450. The van der Waals surface area contributed by atoms with Gasteiger partial charge in [-0.25, -0.2) is 0 Å². The van der Waals surface area contributed by atoms with Crippen LogP contribution < -0.4 is 5.32 Å². The number of aliphatic hydroxyl groups is 5. The van der Waals surface area contributed by atoms with Gasteiger partial charge in [-0.15, -0.1) is 0 Å². The first-order valence-corrected chi connectivity index (χ1v) is 7.98. The van der Waals surface area contributed by atoms with Crippen molar-refractivity contribution in [1.29, 1.82) is 0 Å². The van der Waals surface area contributed by atoms with Crippen LogP contribution in [0.5, 0.6) is 0 Å². The van der Waals surface area contributed by atoms with Crippen LogP contribution in [-0.2, 0) is 5.41 Å². The second-order valence-corrected chi connectivity index (χ2v) is 6.72. The summed E-state index contributed by atoms with van der Waals surface area (Å²) in [5.41, 5.74) is 1.83. The van der Waals surface area contributed by atoms with Gasteiger partial charge in [-0.3, -0.25) is 9.79 Å². The molecule has 1 aliphatic rings. The molecule has 4 atom stereocenters. The SMILES string of the molecule is CC1(C)C=Nc2ccc(C(=O)NCC(O)C(O)C(O)C(O)CO)cc21. The third-order valence-electron chi connectivity index (χ3n) is 4.28. The number of hydrogen-bond donors (Lipinski definition) is 6. The van der Waals surface area contributed by atoms with Crippen molar-refractivity contribution in [1.82, 2.24) is 5.32 Å². The van der Waals surface area contributed by atoms with Crippen molar-refractivity contribution in [3.05, 3.63) is 29.3 Å². The predicted octanol–water partition coefficient (Wildman–Crippen LogP) is -1.15. The van der Waals surface area contributed by atoms with Gasteiger partial charge in [0.2, 0.25) is 0 Å². The highest BCUT2D eigenvalue weighted by Crippen LogP contribution is 2.36. The molecule has 25 heavy (non-hydrogen) atoms. The van der Waals surface area contributed by atoms with Crippen LogP contribution in [0.4, 0.5) is 5.69 Å². The van der Waals surface area contributed by atoms with Gasteiger partial charge in [0, 0.05) is 23.7 Å². The van der Waals surface area contributed by atoms with E-state index >= 15 is 0 Å². The van der Waals surface area contributed by atoms with Gasteiger partial charge in [-0.1, -0.05) is 13.8 Å². The molecule has 0 saturated heterocycles. The van der Waals surface area contributed by atoms with E-state index in [0.29, 0.717) is 5.56 Å². The monoisotopic (exact) mass is 352 g/mol. The zero-order chi connectivity index (χ0) is 18.8. The van der Waals surface area contributed by atoms with Gasteiger partial charge in [0.1, 0.15) is 18.3 Å². The van der Waals surface area contributed by atoms with Crippen LogP contribution in [0.3, 0.4) is 0 Å². The molecule has 0 aromatic heterocycles. The summed E-state index contributed by atoms with van der Waals surface area (Å²) in [5, 5.41) is 49.6. The minimum absolute atomic E-state index is 0.272. The van der Waals surface area contributed by atoms with Gasteiger partial charge in [-0.2, -0.15) is 0 Å². The van der Waals surface area contributed by atoms with Crippen LogP contribution in [-0.4, -0.2) is 75.2 Å². The van der Waals surface area contributed by atoms with Crippen LogP contribution in [0.25, 0.3) is 0 Å². The fourth-order valence-electron chi connectivity index (χ4n) is 2.59. The Morgan fingerprint density at radius 1 is 1.16 bits per heavy atom. The maximum Gasteiger partial charge on any atom is 0.251 e. The molecule has 1 amide bonds. The van der Waals surface area contributed by atoms with Crippen molar-refractivity contribution in [3.8, 4) is 0 Å². The summed E-state index contributed by atoms with van der Waals surface area (Å²) in [6.07, 6.45) is -4.72. The minimum Gasteiger partial charge on any atom is -0.394 e. The van der Waals surface area contributed by atoms with Gasteiger partial charge in [-0.05, 0) is 23.8 Å². The average Bonchev–Trinajstić information content (AvgIpc) is 2.91. The van der Waals surface area contributed by atoms with Gasteiger partial charge >= 0.3 is 0 Å². The molecule has 0 spiro atoms. The molecule has 0 radical (unpaired) electrons.